The molecule has 1 heterocycles. The molecule has 0 spiro atoms. The van der Waals surface area contributed by atoms with Crippen molar-refractivity contribution < 1.29 is 4.52 Å². The largest absolute Gasteiger partial charge is 0.361 e. The highest BCUT2D eigenvalue weighted by Crippen LogP contribution is 2.41. The summed E-state index contributed by atoms with van der Waals surface area (Å²) in [5.41, 5.74) is 2.57. The van der Waals surface area contributed by atoms with E-state index in [1.807, 2.05) is 6.92 Å². The number of rotatable bonds is 2. The molecule has 0 amide bonds. The van der Waals surface area contributed by atoms with Crippen LogP contribution >= 0.6 is 0 Å². The molecule has 2 rings (SSSR count). The Hall–Kier alpha value is -0.790. The van der Waals surface area contributed by atoms with Crippen molar-refractivity contribution in [3.63, 3.8) is 0 Å². The summed E-state index contributed by atoms with van der Waals surface area (Å²) in [4.78, 5) is 0. The molecule has 1 fully saturated rings. The lowest BCUT2D eigenvalue weighted by Gasteiger charge is -1.93. The molecule has 2 heteroatoms. The van der Waals surface area contributed by atoms with Gasteiger partial charge in [-0.2, -0.15) is 0 Å². The van der Waals surface area contributed by atoms with Crippen LogP contribution in [0.4, 0.5) is 0 Å². The third kappa shape index (κ3) is 1.06. The quantitative estimate of drug-likeness (QED) is 0.648. The Morgan fingerprint density at radius 1 is 1.55 bits per heavy atom. The highest BCUT2D eigenvalue weighted by Gasteiger charge is 2.29. The van der Waals surface area contributed by atoms with E-state index in [9.17, 15) is 0 Å². The van der Waals surface area contributed by atoms with Gasteiger partial charge in [-0.05, 0) is 26.2 Å². The minimum absolute atomic E-state index is 0.724. The zero-order chi connectivity index (χ0) is 7.84. The Bertz CT molecular complexity index is 261. The van der Waals surface area contributed by atoms with Gasteiger partial charge in [0.05, 0.1) is 5.69 Å². The van der Waals surface area contributed by atoms with Crippen molar-refractivity contribution in [1.29, 1.82) is 0 Å². The van der Waals surface area contributed by atoms with E-state index in [-0.39, 0.29) is 0 Å². The van der Waals surface area contributed by atoms with Crippen LogP contribution in [0.25, 0.3) is 0 Å². The Morgan fingerprint density at radius 2 is 2.27 bits per heavy atom. The predicted molar refractivity (Wildman–Crippen MR) is 42.6 cm³/mol. The molecule has 60 valence electrons. The lowest BCUT2D eigenvalue weighted by atomic mass is 10.1. The van der Waals surface area contributed by atoms with Gasteiger partial charge in [-0.3, -0.25) is 0 Å². The summed E-state index contributed by atoms with van der Waals surface area (Å²) in [6.07, 6.45) is 3.67. The van der Waals surface area contributed by atoms with Gasteiger partial charge in [0.2, 0.25) is 0 Å². The number of hydrogen-bond donors (Lipinski definition) is 0. The van der Waals surface area contributed by atoms with Gasteiger partial charge in [-0.1, -0.05) is 12.1 Å². The molecule has 0 radical (unpaired) electrons. The maximum atomic E-state index is 5.14. The summed E-state index contributed by atoms with van der Waals surface area (Å²) in [5.74, 6) is 1.73. The Morgan fingerprint density at radius 3 is 2.82 bits per heavy atom. The number of hydrogen-bond acceptors (Lipinski definition) is 2. The lowest BCUT2D eigenvalue weighted by molar-refractivity contribution is 0.390. The van der Waals surface area contributed by atoms with Gasteiger partial charge >= 0.3 is 0 Å². The average molecular weight is 151 g/mol. The summed E-state index contributed by atoms with van der Waals surface area (Å²) in [6, 6.07) is 0. The molecule has 11 heavy (non-hydrogen) atoms. The molecule has 0 atom stereocenters. The van der Waals surface area contributed by atoms with Gasteiger partial charge in [0, 0.05) is 11.5 Å². The molecule has 0 aliphatic heterocycles. The fourth-order valence-corrected chi connectivity index (χ4v) is 1.52. The van der Waals surface area contributed by atoms with Crippen molar-refractivity contribution in [3.8, 4) is 0 Å². The van der Waals surface area contributed by atoms with Crippen molar-refractivity contribution in [1.82, 2.24) is 5.16 Å². The van der Waals surface area contributed by atoms with Crippen LogP contribution in [0.15, 0.2) is 4.52 Å². The monoisotopic (exact) mass is 151 g/mol. The molecule has 0 bridgehead atoms. The van der Waals surface area contributed by atoms with E-state index in [0.29, 0.717) is 0 Å². The molecule has 1 aliphatic rings. The van der Waals surface area contributed by atoms with E-state index in [1.165, 1.54) is 24.1 Å². The molecule has 1 saturated carbocycles. The van der Waals surface area contributed by atoms with Crippen LogP contribution in [-0.4, -0.2) is 5.16 Å². The van der Waals surface area contributed by atoms with Gasteiger partial charge in [0.15, 0.2) is 0 Å². The highest BCUT2D eigenvalue weighted by atomic mass is 16.5. The average Bonchev–Trinajstić information content (AvgIpc) is 2.76. The van der Waals surface area contributed by atoms with Gasteiger partial charge in [0.25, 0.3) is 0 Å². The number of nitrogens with zero attached hydrogens (tertiary/aromatic N) is 1. The zero-order valence-corrected chi connectivity index (χ0v) is 7.05. The van der Waals surface area contributed by atoms with Crippen LogP contribution in [0.1, 0.15) is 42.7 Å². The van der Waals surface area contributed by atoms with Crippen molar-refractivity contribution in [2.24, 2.45) is 0 Å². The first kappa shape index (κ1) is 6.89. The summed E-state index contributed by atoms with van der Waals surface area (Å²) in [6.45, 7) is 4.16. The van der Waals surface area contributed by atoms with Gasteiger partial charge in [-0.15, -0.1) is 0 Å². The molecule has 1 aromatic heterocycles. The predicted octanol–water partition coefficient (Wildman–Crippen LogP) is 2.42. The maximum absolute atomic E-state index is 5.14. The summed E-state index contributed by atoms with van der Waals surface area (Å²) >= 11 is 0. The second-order valence-corrected chi connectivity index (χ2v) is 3.23. The van der Waals surface area contributed by atoms with Gasteiger partial charge < -0.3 is 4.52 Å². The van der Waals surface area contributed by atoms with E-state index in [2.05, 4.69) is 12.1 Å². The van der Waals surface area contributed by atoms with Crippen molar-refractivity contribution >= 4 is 0 Å². The fraction of sp³-hybridized carbons (Fsp3) is 0.667. The molecule has 0 unspecified atom stereocenters. The van der Waals surface area contributed by atoms with Crippen molar-refractivity contribution in [2.75, 3.05) is 0 Å². The molecule has 0 N–H and O–H groups in total. The SMILES string of the molecule is CCc1c(C2CC2)noc1C. The standard InChI is InChI=1S/C9H13NO/c1-3-8-6(2)11-10-9(8)7-4-5-7/h7H,3-5H2,1-2H3. The first-order valence-corrected chi connectivity index (χ1v) is 4.28. The van der Waals surface area contributed by atoms with Crippen LogP contribution in [0, 0.1) is 6.92 Å². The minimum atomic E-state index is 0.724. The molecule has 0 aromatic carbocycles. The Balaban J connectivity index is 2.36. The number of aryl methyl sites for hydroxylation is 1. The van der Waals surface area contributed by atoms with Crippen LogP contribution < -0.4 is 0 Å². The maximum Gasteiger partial charge on any atom is 0.137 e. The molecular formula is C9H13NO. The van der Waals surface area contributed by atoms with Gasteiger partial charge in [-0.25, -0.2) is 0 Å². The van der Waals surface area contributed by atoms with Crippen molar-refractivity contribution in [3.05, 3.63) is 17.0 Å². The summed E-state index contributed by atoms with van der Waals surface area (Å²) < 4.78 is 5.14. The molecule has 2 nitrogen and oxygen atoms in total. The Labute approximate surface area is 66.6 Å². The molecule has 1 aromatic rings. The van der Waals surface area contributed by atoms with E-state index in [1.54, 1.807) is 0 Å². The summed E-state index contributed by atoms with van der Waals surface area (Å²) in [7, 11) is 0. The fourth-order valence-electron chi connectivity index (χ4n) is 1.52. The third-order valence-electron chi connectivity index (χ3n) is 2.33. The van der Waals surface area contributed by atoms with E-state index in [0.717, 1.165) is 18.1 Å². The van der Waals surface area contributed by atoms with E-state index >= 15 is 0 Å². The first-order valence-electron chi connectivity index (χ1n) is 4.28. The van der Waals surface area contributed by atoms with Crippen LogP contribution in [0.2, 0.25) is 0 Å². The second kappa shape index (κ2) is 2.36. The van der Waals surface area contributed by atoms with Crippen LogP contribution in [0.5, 0.6) is 0 Å². The van der Waals surface area contributed by atoms with E-state index in [4.69, 9.17) is 4.52 Å². The second-order valence-electron chi connectivity index (χ2n) is 3.23. The minimum Gasteiger partial charge on any atom is -0.361 e. The summed E-state index contributed by atoms with van der Waals surface area (Å²) in [5, 5.41) is 4.07. The van der Waals surface area contributed by atoms with Crippen LogP contribution in [0.3, 0.4) is 0 Å². The first-order chi connectivity index (χ1) is 5.33. The highest BCUT2D eigenvalue weighted by molar-refractivity contribution is 5.27. The van der Waals surface area contributed by atoms with Crippen molar-refractivity contribution in [2.45, 2.75) is 39.0 Å². The van der Waals surface area contributed by atoms with Crippen LogP contribution in [-0.2, 0) is 6.42 Å². The number of aromatic nitrogens is 1. The molecular weight excluding hydrogens is 138 g/mol. The lowest BCUT2D eigenvalue weighted by Crippen LogP contribution is -1.87. The zero-order valence-electron chi connectivity index (χ0n) is 7.05. The Kier molecular flexibility index (Phi) is 1.48. The topological polar surface area (TPSA) is 26.0 Å². The van der Waals surface area contributed by atoms with Gasteiger partial charge in [0.1, 0.15) is 5.76 Å². The molecule has 0 saturated heterocycles. The third-order valence-corrected chi connectivity index (χ3v) is 2.33. The smallest absolute Gasteiger partial charge is 0.137 e. The van der Waals surface area contributed by atoms with E-state index < -0.39 is 0 Å². The normalized spacial score (nSPS) is 17.3. The molecule has 1 aliphatic carbocycles.